The number of esters is 1. The van der Waals surface area contributed by atoms with Crippen LogP contribution in [-0.2, 0) is 19.6 Å². The fraction of sp³-hybridized carbons (Fsp3) is 0.462. The van der Waals surface area contributed by atoms with Gasteiger partial charge in [-0.2, -0.15) is 0 Å². The zero-order valence-electron chi connectivity index (χ0n) is 11.4. The molecule has 0 unspecified atom stereocenters. The summed E-state index contributed by atoms with van der Waals surface area (Å²) in [5, 5.41) is 0. The van der Waals surface area contributed by atoms with E-state index in [1.165, 1.54) is 7.11 Å². The second kappa shape index (κ2) is 7.75. The number of hydrogen-bond donors (Lipinski definition) is 1. The van der Waals surface area contributed by atoms with Crippen molar-refractivity contribution in [3.05, 3.63) is 34.3 Å². The Morgan fingerprint density at radius 2 is 2.15 bits per heavy atom. The SMILES string of the molecule is COC(=O)CCCS(=O)(=O)N[C@H](C)c1cccc(Br)c1. The van der Waals surface area contributed by atoms with E-state index in [1.807, 2.05) is 24.3 Å². The largest absolute Gasteiger partial charge is 0.469 e. The van der Waals surface area contributed by atoms with Gasteiger partial charge in [0.05, 0.1) is 12.9 Å². The van der Waals surface area contributed by atoms with Crippen LogP contribution in [0.15, 0.2) is 28.7 Å². The van der Waals surface area contributed by atoms with Crippen molar-refractivity contribution in [2.24, 2.45) is 0 Å². The van der Waals surface area contributed by atoms with Gasteiger partial charge in [0, 0.05) is 16.9 Å². The van der Waals surface area contributed by atoms with Crippen molar-refractivity contribution in [1.29, 1.82) is 0 Å². The monoisotopic (exact) mass is 363 g/mol. The summed E-state index contributed by atoms with van der Waals surface area (Å²) in [6.45, 7) is 1.78. The van der Waals surface area contributed by atoms with E-state index in [1.54, 1.807) is 6.92 Å². The predicted molar refractivity (Wildman–Crippen MR) is 80.7 cm³/mol. The van der Waals surface area contributed by atoms with Crippen LogP contribution in [0.3, 0.4) is 0 Å². The van der Waals surface area contributed by atoms with E-state index in [0.29, 0.717) is 0 Å². The quantitative estimate of drug-likeness (QED) is 0.754. The maximum atomic E-state index is 11.9. The molecule has 112 valence electrons. The summed E-state index contributed by atoms with van der Waals surface area (Å²) in [6, 6.07) is 7.12. The molecule has 0 saturated carbocycles. The van der Waals surface area contributed by atoms with Gasteiger partial charge in [0.2, 0.25) is 10.0 Å². The van der Waals surface area contributed by atoms with Gasteiger partial charge in [-0.05, 0) is 31.0 Å². The van der Waals surface area contributed by atoms with Crippen LogP contribution in [0.25, 0.3) is 0 Å². The van der Waals surface area contributed by atoms with Gasteiger partial charge in [-0.1, -0.05) is 28.1 Å². The second-order valence-corrected chi connectivity index (χ2v) is 7.18. The number of benzene rings is 1. The van der Waals surface area contributed by atoms with Gasteiger partial charge in [-0.3, -0.25) is 4.79 Å². The summed E-state index contributed by atoms with van der Waals surface area (Å²) >= 11 is 3.35. The molecular weight excluding hydrogens is 346 g/mol. The lowest BCUT2D eigenvalue weighted by atomic mass is 10.1. The Bertz CT molecular complexity index is 559. The van der Waals surface area contributed by atoms with E-state index in [0.717, 1.165) is 10.0 Å². The predicted octanol–water partition coefficient (Wildman–Crippen LogP) is 2.38. The number of halogens is 1. The molecular formula is C13H18BrNO4S. The lowest BCUT2D eigenvalue weighted by Crippen LogP contribution is -2.29. The highest BCUT2D eigenvalue weighted by molar-refractivity contribution is 9.10. The van der Waals surface area contributed by atoms with Gasteiger partial charge in [-0.25, -0.2) is 13.1 Å². The number of carbonyl (C=O) groups excluding carboxylic acids is 1. The van der Waals surface area contributed by atoms with Crippen LogP contribution in [0.2, 0.25) is 0 Å². The van der Waals surface area contributed by atoms with Crippen LogP contribution in [0.1, 0.15) is 31.4 Å². The van der Waals surface area contributed by atoms with E-state index >= 15 is 0 Å². The fourth-order valence-electron chi connectivity index (χ4n) is 1.68. The molecule has 20 heavy (non-hydrogen) atoms. The molecule has 0 aliphatic carbocycles. The Labute approximate surface area is 127 Å². The number of methoxy groups -OCH3 is 1. The summed E-state index contributed by atoms with van der Waals surface area (Å²) in [4.78, 5) is 10.9. The standard InChI is InChI=1S/C13H18BrNO4S/c1-10(11-5-3-6-12(14)9-11)15-20(17,18)8-4-7-13(16)19-2/h3,5-6,9-10,15H,4,7-8H2,1-2H3/t10-/m1/s1. The molecule has 1 atom stereocenters. The van der Waals surface area contributed by atoms with Gasteiger partial charge < -0.3 is 4.74 Å². The normalized spacial score (nSPS) is 12.9. The van der Waals surface area contributed by atoms with Crippen LogP contribution in [-0.4, -0.2) is 27.2 Å². The van der Waals surface area contributed by atoms with Crippen molar-refractivity contribution in [1.82, 2.24) is 4.72 Å². The zero-order chi connectivity index (χ0) is 15.2. The van der Waals surface area contributed by atoms with Gasteiger partial charge >= 0.3 is 5.97 Å². The van der Waals surface area contributed by atoms with Gasteiger partial charge in [0.1, 0.15) is 0 Å². The summed E-state index contributed by atoms with van der Waals surface area (Å²) in [5.41, 5.74) is 0.871. The Kier molecular flexibility index (Phi) is 6.64. The highest BCUT2D eigenvalue weighted by atomic mass is 79.9. The highest BCUT2D eigenvalue weighted by Crippen LogP contribution is 2.18. The minimum atomic E-state index is -3.42. The smallest absolute Gasteiger partial charge is 0.305 e. The molecule has 0 aliphatic heterocycles. The average Bonchev–Trinajstić information content (AvgIpc) is 2.37. The van der Waals surface area contributed by atoms with Crippen molar-refractivity contribution < 1.29 is 17.9 Å². The second-order valence-electron chi connectivity index (χ2n) is 4.39. The minimum absolute atomic E-state index is 0.0968. The number of rotatable bonds is 7. The molecule has 7 heteroatoms. The molecule has 5 nitrogen and oxygen atoms in total. The van der Waals surface area contributed by atoms with Crippen LogP contribution in [0, 0.1) is 0 Å². The van der Waals surface area contributed by atoms with E-state index in [9.17, 15) is 13.2 Å². The van der Waals surface area contributed by atoms with E-state index in [2.05, 4.69) is 25.4 Å². The molecule has 0 spiro atoms. The molecule has 1 N–H and O–H groups in total. The topological polar surface area (TPSA) is 72.5 Å². The third-order valence-corrected chi connectivity index (χ3v) is 4.76. The Hall–Kier alpha value is -0.920. The molecule has 0 fully saturated rings. The molecule has 0 heterocycles. The first-order valence-corrected chi connectivity index (χ1v) is 8.61. The Morgan fingerprint density at radius 1 is 1.45 bits per heavy atom. The molecule has 0 radical (unpaired) electrons. The highest BCUT2D eigenvalue weighted by Gasteiger charge is 2.16. The Balaban J connectivity index is 2.55. The molecule has 0 saturated heterocycles. The van der Waals surface area contributed by atoms with Crippen molar-refractivity contribution in [2.75, 3.05) is 12.9 Å². The number of sulfonamides is 1. The van der Waals surface area contributed by atoms with Gasteiger partial charge in [0.25, 0.3) is 0 Å². The number of carbonyl (C=O) groups is 1. The molecule has 0 aliphatic rings. The lowest BCUT2D eigenvalue weighted by molar-refractivity contribution is -0.140. The summed E-state index contributed by atoms with van der Waals surface area (Å²) in [6.07, 6.45) is 0.343. The number of hydrogen-bond acceptors (Lipinski definition) is 4. The maximum Gasteiger partial charge on any atom is 0.305 e. The minimum Gasteiger partial charge on any atom is -0.469 e. The van der Waals surface area contributed by atoms with Crippen LogP contribution in [0.5, 0.6) is 0 Å². The molecule has 0 aromatic heterocycles. The molecule has 0 amide bonds. The van der Waals surface area contributed by atoms with Gasteiger partial charge in [-0.15, -0.1) is 0 Å². The zero-order valence-corrected chi connectivity index (χ0v) is 13.8. The lowest BCUT2D eigenvalue weighted by Gasteiger charge is -2.14. The first kappa shape index (κ1) is 17.1. The van der Waals surface area contributed by atoms with Crippen molar-refractivity contribution in [3.63, 3.8) is 0 Å². The first-order valence-electron chi connectivity index (χ1n) is 6.16. The van der Waals surface area contributed by atoms with E-state index in [4.69, 9.17) is 0 Å². The first-order chi connectivity index (χ1) is 9.34. The summed E-state index contributed by atoms with van der Waals surface area (Å²) in [5.74, 6) is -0.499. The third kappa shape index (κ3) is 6.02. The maximum absolute atomic E-state index is 11.9. The summed E-state index contributed by atoms with van der Waals surface area (Å²) in [7, 11) is -2.14. The van der Waals surface area contributed by atoms with E-state index in [-0.39, 0.29) is 24.6 Å². The van der Waals surface area contributed by atoms with Crippen molar-refractivity contribution in [3.8, 4) is 0 Å². The third-order valence-electron chi connectivity index (χ3n) is 2.73. The van der Waals surface area contributed by atoms with Gasteiger partial charge in [0.15, 0.2) is 0 Å². The molecule has 1 aromatic carbocycles. The molecule has 0 bridgehead atoms. The van der Waals surface area contributed by atoms with E-state index < -0.39 is 16.0 Å². The fourth-order valence-corrected chi connectivity index (χ4v) is 3.41. The van der Waals surface area contributed by atoms with Crippen LogP contribution < -0.4 is 4.72 Å². The molecule has 1 rings (SSSR count). The van der Waals surface area contributed by atoms with Crippen LogP contribution in [0.4, 0.5) is 0 Å². The average molecular weight is 364 g/mol. The summed E-state index contributed by atoms with van der Waals surface area (Å²) < 4.78 is 31.7. The van der Waals surface area contributed by atoms with Crippen LogP contribution >= 0.6 is 15.9 Å². The van der Waals surface area contributed by atoms with Crippen molar-refractivity contribution in [2.45, 2.75) is 25.8 Å². The van der Waals surface area contributed by atoms with Crippen molar-refractivity contribution >= 4 is 31.9 Å². The number of nitrogens with one attached hydrogen (secondary N) is 1. The molecule has 1 aromatic rings. The Morgan fingerprint density at radius 3 is 2.75 bits per heavy atom. The number of ether oxygens (including phenoxy) is 1.